The molecule has 0 N–H and O–H groups in total. The zero-order valence-corrected chi connectivity index (χ0v) is 10.6. The second kappa shape index (κ2) is 4.81. The Labute approximate surface area is 106 Å². The molecule has 4 heteroatoms. The Balaban J connectivity index is 2.34. The van der Waals surface area contributed by atoms with Gasteiger partial charge in [-0.05, 0) is 31.2 Å². The van der Waals surface area contributed by atoms with Gasteiger partial charge in [0, 0.05) is 19.8 Å². The van der Waals surface area contributed by atoms with Crippen molar-refractivity contribution in [3.63, 3.8) is 0 Å². The van der Waals surface area contributed by atoms with Crippen LogP contribution in [0.15, 0.2) is 24.3 Å². The van der Waals surface area contributed by atoms with Crippen LogP contribution in [0, 0.1) is 11.3 Å². The largest absolute Gasteiger partial charge is 0.478 e. The van der Waals surface area contributed by atoms with Gasteiger partial charge in [0.15, 0.2) is 5.60 Å². The number of fused-ring (bicyclic) bond motifs is 1. The van der Waals surface area contributed by atoms with Gasteiger partial charge in [-0.3, -0.25) is 0 Å². The Hall–Kier alpha value is -1.83. The van der Waals surface area contributed by atoms with Crippen LogP contribution in [0.3, 0.4) is 0 Å². The quantitative estimate of drug-likeness (QED) is 0.767. The van der Waals surface area contributed by atoms with Crippen molar-refractivity contribution in [2.24, 2.45) is 0 Å². The fourth-order valence-electron chi connectivity index (χ4n) is 2.06. The predicted octanol–water partition coefficient (Wildman–Crippen LogP) is 2.34. The normalized spacial score (nSPS) is 21.3. The monoisotopic (exact) mass is 245 g/mol. The molecule has 18 heavy (non-hydrogen) atoms. The molecule has 0 saturated carbocycles. The van der Waals surface area contributed by atoms with Crippen molar-refractivity contribution in [3.8, 4) is 11.8 Å². The number of rotatable bonds is 3. The third-order valence-corrected chi connectivity index (χ3v) is 2.96. The van der Waals surface area contributed by atoms with E-state index in [1.807, 2.05) is 19.1 Å². The summed E-state index contributed by atoms with van der Waals surface area (Å²) in [4.78, 5) is 0. The fourth-order valence-corrected chi connectivity index (χ4v) is 2.06. The Kier molecular flexibility index (Phi) is 3.37. The maximum Gasteiger partial charge on any atom is 0.200 e. The molecule has 4 nitrogen and oxygen atoms in total. The summed E-state index contributed by atoms with van der Waals surface area (Å²) in [5.41, 5.74) is 0.822. The van der Waals surface area contributed by atoms with Crippen molar-refractivity contribution in [1.29, 1.82) is 5.26 Å². The number of ether oxygens (including phenoxy) is 3. The van der Waals surface area contributed by atoms with Crippen molar-refractivity contribution in [1.82, 2.24) is 0 Å². The van der Waals surface area contributed by atoms with Crippen LogP contribution in [0.25, 0.3) is 6.08 Å². The molecule has 2 rings (SSSR count). The highest BCUT2D eigenvalue weighted by atomic mass is 16.7. The van der Waals surface area contributed by atoms with Gasteiger partial charge < -0.3 is 14.2 Å². The summed E-state index contributed by atoms with van der Waals surface area (Å²) in [5.74, 6) is 0.720. The van der Waals surface area contributed by atoms with E-state index in [1.54, 1.807) is 32.4 Å². The second-order valence-electron chi connectivity index (χ2n) is 4.29. The molecule has 0 saturated heterocycles. The van der Waals surface area contributed by atoms with Crippen LogP contribution < -0.4 is 4.74 Å². The summed E-state index contributed by atoms with van der Waals surface area (Å²) in [6.45, 7) is 1.89. The maximum absolute atomic E-state index is 8.85. The van der Waals surface area contributed by atoms with E-state index in [1.165, 1.54) is 0 Å². The van der Waals surface area contributed by atoms with E-state index in [4.69, 9.17) is 19.5 Å². The van der Waals surface area contributed by atoms with Crippen molar-refractivity contribution in [2.75, 3.05) is 14.2 Å². The first-order valence-electron chi connectivity index (χ1n) is 5.61. The molecule has 1 aliphatic heterocycles. The number of benzene rings is 1. The Bertz CT molecular complexity index is 514. The topological polar surface area (TPSA) is 51.5 Å². The van der Waals surface area contributed by atoms with Gasteiger partial charge in [-0.1, -0.05) is 6.08 Å². The molecule has 0 aliphatic carbocycles. The molecule has 0 unspecified atom stereocenters. The van der Waals surface area contributed by atoms with E-state index in [9.17, 15) is 0 Å². The minimum atomic E-state index is -0.676. The molecule has 1 aromatic carbocycles. The van der Waals surface area contributed by atoms with E-state index < -0.39 is 11.9 Å². The van der Waals surface area contributed by atoms with E-state index in [0.717, 1.165) is 11.3 Å². The van der Waals surface area contributed by atoms with Crippen LogP contribution in [0.5, 0.6) is 5.75 Å². The van der Waals surface area contributed by atoms with Gasteiger partial charge in [-0.25, -0.2) is 0 Å². The highest BCUT2D eigenvalue weighted by molar-refractivity contribution is 5.63. The number of methoxy groups -OCH3 is 2. The van der Waals surface area contributed by atoms with Crippen molar-refractivity contribution < 1.29 is 14.2 Å². The molecular formula is C14H15NO3. The molecule has 0 aromatic heterocycles. The van der Waals surface area contributed by atoms with Gasteiger partial charge >= 0.3 is 0 Å². The van der Waals surface area contributed by atoms with Crippen molar-refractivity contribution in [3.05, 3.63) is 35.4 Å². The van der Waals surface area contributed by atoms with Crippen LogP contribution >= 0.6 is 0 Å². The molecule has 1 aromatic rings. The summed E-state index contributed by atoms with van der Waals surface area (Å²) in [7, 11) is 3.15. The molecule has 0 amide bonds. The number of hydrogen-bond acceptors (Lipinski definition) is 4. The highest BCUT2D eigenvalue weighted by Gasteiger charge is 2.37. The van der Waals surface area contributed by atoms with Crippen LogP contribution in [0.2, 0.25) is 0 Å². The van der Waals surface area contributed by atoms with Gasteiger partial charge in [0.25, 0.3) is 0 Å². The highest BCUT2D eigenvalue weighted by Crippen LogP contribution is 2.34. The Morgan fingerprint density at radius 2 is 2.06 bits per heavy atom. The lowest BCUT2D eigenvalue weighted by molar-refractivity contribution is -0.180. The number of nitriles is 1. The van der Waals surface area contributed by atoms with E-state index in [2.05, 4.69) is 6.07 Å². The molecule has 0 radical (unpaired) electrons. The van der Waals surface area contributed by atoms with Crippen LogP contribution in [0.4, 0.5) is 0 Å². The summed E-state index contributed by atoms with van der Waals surface area (Å²) < 4.78 is 16.4. The van der Waals surface area contributed by atoms with Crippen LogP contribution in [0.1, 0.15) is 18.1 Å². The van der Waals surface area contributed by atoms with Gasteiger partial charge in [0.2, 0.25) is 6.29 Å². The first-order valence-corrected chi connectivity index (χ1v) is 5.61. The second-order valence-corrected chi connectivity index (χ2v) is 4.29. The minimum absolute atomic E-state index is 0.488. The summed E-state index contributed by atoms with van der Waals surface area (Å²) >= 11 is 0. The molecule has 0 bridgehead atoms. The average Bonchev–Trinajstić information content (AvgIpc) is 2.39. The third-order valence-electron chi connectivity index (χ3n) is 2.96. The zero-order valence-electron chi connectivity index (χ0n) is 10.6. The van der Waals surface area contributed by atoms with E-state index in [0.29, 0.717) is 5.56 Å². The lowest BCUT2D eigenvalue weighted by Gasteiger charge is -2.36. The Morgan fingerprint density at radius 1 is 1.33 bits per heavy atom. The fraction of sp³-hybridized carbons (Fsp3) is 0.357. The lowest BCUT2D eigenvalue weighted by Crippen LogP contribution is -2.46. The summed E-state index contributed by atoms with van der Waals surface area (Å²) in [6.07, 6.45) is 3.32. The lowest BCUT2D eigenvalue weighted by atomic mass is 9.98. The van der Waals surface area contributed by atoms with E-state index in [-0.39, 0.29) is 0 Å². The Morgan fingerprint density at radius 3 is 2.67 bits per heavy atom. The van der Waals surface area contributed by atoms with Crippen LogP contribution in [-0.2, 0) is 9.47 Å². The molecule has 0 spiro atoms. The minimum Gasteiger partial charge on any atom is -0.478 e. The number of hydrogen-bond donors (Lipinski definition) is 0. The van der Waals surface area contributed by atoms with Gasteiger partial charge in [-0.2, -0.15) is 5.26 Å². The molecule has 1 heterocycles. The van der Waals surface area contributed by atoms with Crippen molar-refractivity contribution in [2.45, 2.75) is 18.8 Å². The maximum atomic E-state index is 8.85. The van der Waals surface area contributed by atoms with Crippen molar-refractivity contribution >= 4 is 6.08 Å². The smallest absolute Gasteiger partial charge is 0.200 e. The standard InChI is InChI=1S/C14H15NO3/c1-14(13(16-2)17-3)7-6-11-8-10(9-15)4-5-12(11)18-14/h4-8,13H,1-3H3/t14-/m0/s1. The number of nitrogens with zero attached hydrogens (tertiary/aromatic N) is 1. The third kappa shape index (κ3) is 2.10. The molecule has 1 aliphatic rings. The SMILES string of the molecule is COC(OC)[C@]1(C)C=Cc2cc(C#N)ccc2O1. The zero-order chi connectivity index (χ0) is 13.2. The molecule has 0 fully saturated rings. The summed E-state index contributed by atoms with van der Waals surface area (Å²) in [6, 6.07) is 7.41. The summed E-state index contributed by atoms with van der Waals surface area (Å²) in [5, 5.41) is 8.85. The van der Waals surface area contributed by atoms with Gasteiger partial charge in [0.05, 0.1) is 11.6 Å². The average molecular weight is 245 g/mol. The van der Waals surface area contributed by atoms with Gasteiger partial charge in [-0.15, -0.1) is 0 Å². The molecular weight excluding hydrogens is 230 g/mol. The first kappa shape index (κ1) is 12.6. The predicted molar refractivity (Wildman–Crippen MR) is 67.0 cm³/mol. The first-order chi connectivity index (χ1) is 8.62. The molecule has 1 atom stereocenters. The van der Waals surface area contributed by atoms with Gasteiger partial charge in [0.1, 0.15) is 5.75 Å². The van der Waals surface area contributed by atoms with E-state index >= 15 is 0 Å². The molecule has 94 valence electrons. The van der Waals surface area contributed by atoms with Crippen LogP contribution in [-0.4, -0.2) is 26.1 Å².